The molecule has 0 atom stereocenters. The first-order chi connectivity index (χ1) is 15.7. The number of aliphatic imine (C=N–C) groups is 1. The van der Waals surface area contributed by atoms with E-state index < -0.39 is 0 Å². The van der Waals surface area contributed by atoms with Crippen LogP contribution in [0.5, 0.6) is 5.75 Å². The number of anilines is 1. The van der Waals surface area contributed by atoms with Crippen LogP contribution in [-0.4, -0.2) is 35.7 Å². The number of carbonyl (C=O) groups excluding carboxylic acids is 1. The summed E-state index contributed by atoms with van der Waals surface area (Å²) in [7, 11) is 1.68. The lowest BCUT2D eigenvalue weighted by atomic mass is 9.94. The number of carbonyl (C=O) groups is 1. The molecule has 2 fully saturated rings. The highest BCUT2D eigenvalue weighted by Crippen LogP contribution is 2.52. The Morgan fingerprint density at radius 2 is 1.84 bits per heavy atom. The zero-order chi connectivity index (χ0) is 22.1. The molecule has 0 unspecified atom stereocenters. The molecule has 5 rings (SSSR count). The van der Waals surface area contributed by atoms with Gasteiger partial charge in [-0.15, -0.1) is 0 Å². The minimum absolute atomic E-state index is 0.0947. The van der Waals surface area contributed by atoms with Crippen LogP contribution in [0.2, 0.25) is 0 Å². The van der Waals surface area contributed by atoms with Gasteiger partial charge in [-0.25, -0.2) is 4.99 Å². The highest BCUT2D eigenvalue weighted by molar-refractivity contribution is 8.19. The molecule has 0 spiro atoms. The quantitative estimate of drug-likeness (QED) is 0.490. The van der Waals surface area contributed by atoms with E-state index in [1.807, 2.05) is 41.3 Å². The summed E-state index contributed by atoms with van der Waals surface area (Å²) in [5, 5.41) is 1.81. The van der Waals surface area contributed by atoms with Gasteiger partial charge in [0.25, 0.3) is 5.91 Å². The minimum atomic E-state index is 0.0947. The van der Waals surface area contributed by atoms with Gasteiger partial charge in [-0.3, -0.25) is 9.69 Å². The van der Waals surface area contributed by atoms with Gasteiger partial charge in [-0.05, 0) is 55.8 Å². The SMILES string of the molecule is CCN1/C(=C2/SC(=Nc3ccccc3)N(C3CCCCC3)C2=O)Sc2ccc(OC)cc21. The van der Waals surface area contributed by atoms with Crippen LogP contribution in [0.1, 0.15) is 39.0 Å². The molecule has 166 valence electrons. The molecular formula is C25H27N3O2S2. The predicted molar refractivity (Wildman–Crippen MR) is 134 cm³/mol. The molecule has 0 bridgehead atoms. The lowest BCUT2D eigenvalue weighted by molar-refractivity contribution is -0.124. The third kappa shape index (κ3) is 3.92. The standard InChI is InChI=1S/C25H27N3O2S2/c1-3-27-20-16-19(30-2)14-15-21(20)31-24(27)22-23(29)28(18-12-8-5-9-13-18)25(32-22)26-17-10-6-4-7-11-17/h4,6-7,10-11,14-16,18H,3,5,8-9,12-13H2,1-2H3/b24-22-,26-25?. The van der Waals surface area contributed by atoms with Crippen molar-refractivity contribution in [1.29, 1.82) is 0 Å². The van der Waals surface area contributed by atoms with E-state index in [9.17, 15) is 4.79 Å². The summed E-state index contributed by atoms with van der Waals surface area (Å²) in [6, 6.07) is 16.3. The number of hydrogen-bond donors (Lipinski definition) is 0. The Morgan fingerprint density at radius 3 is 2.56 bits per heavy atom. The molecule has 32 heavy (non-hydrogen) atoms. The number of benzene rings is 2. The largest absolute Gasteiger partial charge is 0.497 e. The van der Waals surface area contributed by atoms with Crippen molar-refractivity contribution in [1.82, 2.24) is 4.90 Å². The van der Waals surface area contributed by atoms with E-state index in [0.29, 0.717) is 0 Å². The fraction of sp³-hybridized carbons (Fsp3) is 0.360. The number of thioether (sulfide) groups is 2. The van der Waals surface area contributed by atoms with Crippen LogP contribution in [0.4, 0.5) is 11.4 Å². The van der Waals surface area contributed by atoms with Crippen LogP contribution in [0.3, 0.4) is 0 Å². The van der Waals surface area contributed by atoms with E-state index in [2.05, 4.69) is 24.0 Å². The molecule has 7 heteroatoms. The number of amidine groups is 1. The lowest BCUT2D eigenvalue weighted by Crippen LogP contribution is -2.40. The molecule has 0 N–H and O–H groups in total. The van der Waals surface area contributed by atoms with Gasteiger partial charge >= 0.3 is 0 Å². The van der Waals surface area contributed by atoms with Crippen LogP contribution in [0.25, 0.3) is 0 Å². The molecule has 1 aliphatic carbocycles. The number of ether oxygens (including phenoxy) is 1. The molecule has 0 radical (unpaired) electrons. The highest BCUT2D eigenvalue weighted by atomic mass is 32.2. The molecule has 1 amide bonds. The number of nitrogens with zero attached hydrogens (tertiary/aromatic N) is 3. The van der Waals surface area contributed by atoms with Gasteiger partial charge < -0.3 is 9.64 Å². The Labute approximate surface area is 197 Å². The fourth-order valence-corrected chi connectivity index (χ4v) is 6.97. The van der Waals surface area contributed by atoms with Gasteiger partial charge in [-0.1, -0.05) is 49.2 Å². The zero-order valence-electron chi connectivity index (χ0n) is 18.4. The predicted octanol–water partition coefficient (Wildman–Crippen LogP) is 6.39. The molecule has 0 aromatic heterocycles. The maximum Gasteiger partial charge on any atom is 0.269 e. The normalized spacial score (nSPS) is 22.7. The third-order valence-electron chi connectivity index (χ3n) is 6.15. The Morgan fingerprint density at radius 1 is 1.06 bits per heavy atom. The zero-order valence-corrected chi connectivity index (χ0v) is 20.0. The maximum absolute atomic E-state index is 13.8. The molecule has 2 aliphatic heterocycles. The van der Waals surface area contributed by atoms with Gasteiger partial charge in [0, 0.05) is 23.5 Å². The molecular weight excluding hydrogens is 438 g/mol. The van der Waals surface area contributed by atoms with E-state index in [1.165, 1.54) is 31.0 Å². The first-order valence-electron chi connectivity index (χ1n) is 11.2. The van der Waals surface area contributed by atoms with Gasteiger partial charge in [0.1, 0.15) is 15.7 Å². The summed E-state index contributed by atoms with van der Waals surface area (Å²) in [5.74, 6) is 0.923. The van der Waals surface area contributed by atoms with Gasteiger partial charge in [0.05, 0.1) is 18.5 Å². The van der Waals surface area contributed by atoms with Crippen molar-refractivity contribution >= 4 is 46.0 Å². The lowest BCUT2D eigenvalue weighted by Gasteiger charge is -2.30. The third-order valence-corrected chi connectivity index (χ3v) is 8.51. The summed E-state index contributed by atoms with van der Waals surface area (Å²) in [6.45, 7) is 2.91. The number of fused-ring (bicyclic) bond motifs is 1. The highest BCUT2D eigenvalue weighted by Gasteiger charge is 2.43. The van der Waals surface area contributed by atoms with Crippen LogP contribution in [0, 0.1) is 0 Å². The van der Waals surface area contributed by atoms with Crippen molar-refractivity contribution in [3.63, 3.8) is 0 Å². The number of para-hydroxylation sites is 1. The van der Waals surface area contributed by atoms with Gasteiger partial charge in [0.15, 0.2) is 5.17 Å². The molecule has 1 saturated heterocycles. The summed E-state index contributed by atoms with van der Waals surface area (Å²) >= 11 is 3.20. The molecule has 2 aromatic carbocycles. The second-order valence-corrected chi connectivity index (χ2v) is 10.1. The second-order valence-electron chi connectivity index (χ2n) is 8.11. The summed E-state index contributed by atoms with van der Waals surface area (Å²) < 4.78 is 5.44. The first-order valence-corrected chi connectivity index (χ1v) is 12.9. The average Bonchev–Trinajstić information content (AvgIpc) is 3.36. The Balaban J connectivity index is 1.56. The smallest absolute Gasteiger partial charge is 0.269 e. The topological polar surface area (TPSA) is 45.1 Å². The summed E-state index contributed by atoms with van der Waals surface area (Å²) in [4.78, 5) is 24.9. The number of rotatable bonds is 4. The molecule has 1 saturated carbocycles. The van der Waals surface area contributed by atoms with Crippen molar-refractivity contribution < 1.29 is 9.53 Å². The molecule has 2 heterocycles. The molecule has 3 aliphatic rings. The van der Waals surface area contributed by atoms with E-state index in [0.717, 1.165) is 56.5 Å². The van der Waals surface area contributed by atoms with Crippen molar-refractivity contribution in [2.24, 2.45) is 4.99 Å². The van der Waals surface area contributed by atoms with E-state index >= 15 is 0 Å². The van der Waals surface area contributed by atoms with Crippen molar-refractivity contribution in [2.75, 3.05) is 18.6 Å². The van der Waals surface area contributed by atoms with Crippen LogP contribution < -0.4 is 9.64 Å². The van der Waals surface area contributed by atoms with Gasteiger partial charge in [-0.2, -0.15) is 0 Å². The molecule has 5 nitrogen and oxygen atoms in total. The number of methoxy groups -OCH3 is 1. The minimum Gasteiger partial charge on any atom is -0.497 e. The van der Waals surface area contributed by atoms with E-state index in [4.69, 9.17) is 9.73 Å². The summed E-state index contributed by atoms with van der Waals surface area (Å²) in [5.41, 5.74) is 1.99. The number of hydrogen-bond acceptors (Lipinski definition) is 6. The maximum atomic E-state index is 13.8. The van der Waals surface area contributed by atoms with Crippen molar-refractivity contribution in [2.45, 2.75) is 50.0 Å². The average molecular weight is 466 g/mol. The number of amides is 1. The van der Waals surface area contributed by atoms with Gasteiger partial charge in [0.2, 0.25) is 0 Å². The second kappa shape index (κ2) is 9.24. The van der Waals surface area contributed by atoms with Crippen LogP contribution in [-0.2, 0) is 4.79 Å². The van der Waals surface area contributed by atoms with Crippen molar-refractivity contribution in [3.8, 4) is 5.75 Å². The molecule has 2 aromatic rings. The summed E-state index contributed by atoms with van der Waals surface area (Å²) in [6.07, 6.45) is 5.69. The Bertz CT molecular complexity index is 1080. The Kier molecular flexibility index (Phi) is 6.20. The van der Waals surface area contributed by atoms with Crippen molar-refractivity contribution in [3.05, 3.63) is 58.5 Å². The fourth-order valence-electron chi connectivity index (χ4n) is 4.54. The Hall–Kier alpha value is -2.38. The first kappa shape index (κ1) is 21.5. The van der Waals surface area contributed by atoms with Crippen LogP contribution in [0.15, 0.2) is 68.4 Å². The van der Waals surface area contributed by atoms with Crippen LogP contribution >= 0.6 is 23.5 Å². The monoisotopic (exact) mass is 465 g/mol. The van der Waals surface area contributed by atoms with E-state index in [-0.39, 0.29) is 11.9 Å². The van der Waals surface area contributed by atoms with E-state index in [1.54, 1.807) is 18.9 Å².